The summed E-state index contributed by atoms with van der Waals surface area (Å²) in [6.45, 7) is 4.06. The Morgan fingerprint density at radius 2 is 2.00 bits per heavy atom. The normalized spacial score (nSPS) is 24.0. The second-order valence-electron chi connectivity index (χ2n) is 5.84. The Morgan fingerprint density at radius 1 is 1.35 bits per heavy atom. The Kier molecular flexibility index (Phi) is 5.98. The molecule has 1 aliphatic rings. The molecule has 1 aromatic carbocycles. The molecule has 23 heavy (non-hydrogen) atoms. The lowest BCUT2D eigenvalue weighted by Crippen LogP contribution is -2.26. The number of benzene rings is 1. The smallest absolute Gasteiger partial charge is 0.333 e. The number of ether oxygens (including phenoxy) is 1. The second kappa shape index (κ2) is 7.25. The van der Waals surface area contributed by atoms with Crippen molar-refractivity contribution < 1.29 is 17.3 Å². The molecule has 0 bridgehead atoms. The molecule has 0 aromatic heterocycles. The van der Waals surface area contributed by atoms with Gasteiger partial charge >= 0.3 is 10.3 Å². The molecule has 0 radical (unpaired) electrons. The second-order valence-corrected chi connectivity index (χ2v) is 7.90. The third kappa shape index (κ3) is 4.59. The van der Waals surface area contributed by atoms with Gasteiger partial charge in [0, 0.05) is 16.0 Å². The van der Waals surface area contributed by atoms with Crippen LogP contribution in [0.1, 0.15) is 44.8 Å². The maximum absolute atomic E-state index is 11.1. The minimum Gasteiger partial charge on any atom is -0.367 e. The molecule has 1 aromatic rings. The molecule has 8 heteroatoms. The number of hydrogen-bond donors (Lipinski definition) is 1. The molecule has 1 saturated heterocycles. The van der Waals surface area contributed by atoms with Crippen molar-refractivity contribution in [1.29, 1.82) is 0 Å². The van der Waals surface area contributed by atoms with Crippen LogP contribution in [0.5, 0.6) is 0 Å². The summed E-state index contributed by atoms with van der Waals surface area (Å²) < 4.78 is 33.3. The third-order valence-corrected chi connectivity index (χ3v) is 5.47. The Hall–Kier alpha value is -0.370. The summed E-state index contributed by atoms with van der Waals surface area (Å²) in [5.41, 5.74) is 0.461. The summed E-state index contributed by atoms with van der Waals surface area (Å²) >= 11 is 12.2. The number of halogens is 2. The molecule has 130 valence electrons. The van der Waals surface area contributed by atoms with E-state index in [1.54, 1.807) is 18.2 Å². The summed E-state index contributed by atoms with van der Waals surface area (Å²) in [4.78, 5) is 0. The van der Waals surface area contributed by atoms with Crippen LogP contribution in [-0.2, 0) is 19.2 Å². The van der Waals surface area contributed by atoms with Crippen LogP contribution in [0.15, 0.2) is 18.2 Å². The number of nitrogens with two attached hydrogens (primary N) is 1. The van der Waals surface area contributed by atoms with Crippen molar-refractivity contribution in [1.82, 2.24) is 0 Å². The van der Waals surface area contributed by atoms with Crippen LogP contribution >= 0.6 is 23.2 Å². The van der Waals surface area contributed by atoms with E-state index < -0.39 is 10.3 Å². The van der Waals surface area contributed by atoms with Crippen molar-refractivity contribution in [3.63, 3.8) is 0 Å². The van der Waals surface area contributed by atoms with Crippen LogP contribution in [0.25, 0.3) is 0 Å². The molecule has 1 aliphatic heterocycles. The predicted molar refractivity (Wildman–Crippen MR) is 90.8 cm³/mol. The average Bonchev–Trinajstić information content (AvgIpc) is 2.84. The van der Waals surface area contributed by atoms with Crippen LogP contribution in [0.4, 0.5) is 0 Å². The first kappa shape index (κ1) is 19.0. The van der Waals surface area contributed by atoms with Crippen LogP contribution in [-0.4, -0.2) is 20.6 Å². The van der Waals surface area contributed by atoms with E-state index in [2.05, 4.69) is 0 Å². The van der Waals surface area contributed by atoms with E-state index in [0.717, 1.165) is 18.4 Å². The zero-order valence-electron chi connectivity index (χ0n) is 13.1. The summed E-state index contributed by atoms with van der Waals surface area (Å²) in [5, 5.41) is 5.97. The van der Waals surface area contributed by atoms with E-state index in [1.807, 2.05) is 13.8 Å². The van der Waals surface area contributed by atoms with Gasteiger partial charge in [0.2, 0.25) is 0 Å². The highest BCUT2D eigenvalue weighted by Crippen LogP contribution is 2.49. The van der Waals surface area contributed by atoms with Gasteiger partial charge < -0.3 is 4.74 Å². The first-order valence-corrected chi connectivity index (χ1v) is 9.72. The lowest BCUT2D eigenvalue weighted by atomic mass is 9.87. The van der Waals surface area contributed by atoms with Crippen LogP contribution < -0.4 is 5.14 Å². The summed E-state index contributed by atoms with van der Waals surface area (Å²) in [5.74, 6) is -0.160. The molecule has 0 amide bonds. The van der Waals surface area contributed by atoms with Gasteiger partial charge in [-0.1, -0.05) is 43.1 Å². The van der Waals surface area contributed by atoms with Crippen LogP contribution in [0, 0.1) is 5.92 Å². The van der Waals surface area contributed by atoms with E-state index in [1.165, 1.54) is 0 Å². The Morgan fingerprint density at radius 3 is 2.52 bits per heavy atom. The molecule has 1 fully saturated rings. The fourth-order valence-corrected chi connectivity index (χ4v) is 3.96. The molecule has 0 saturated carbocycles. The predicted octanol–water partition coefficient (Wildman–Crippen LogP) is 3.85. The van der Waals surface area contributed by atoms with Gasteiger partial charge in [-0.3, -0.25) is 4.18 Å². The third-order valence-electron chi connectivity index (χ3n) is 4.44. The molecule has 2 rings (SSSR count). The Bertz CT molecular complexity index is 661. The summed E-state index contributed by atoms with van der Waals surface area (Å²) in [6.07, 6.45) is 1.95. The zero-order valence-corrected chi connectivity index (χ0v) is 15.4. The van der Waals surface area contributed by atoms with Crippen molar-refractivity contribution >= 4 is 33.5 Å². The number of rotatable bonds is 6. The minimum absolute atomic E-state index is 0.0375. The van der Waals surface area contributed by atoms with Crippen LogP contribution in [0.3, 0.4) is 0 Å². The summed E-state index contributed by atoms with van der Waals surface area (Å²) in [6, 6.07) is 5.19. The maximum Gasteiger partial charge on any atom is 0.333 e. The standard InChI is InChI=1S/C15H21Cl2NO4S/c1-3-15(4-2)8-10(9-21-23(18,19)20)14(22-15)12-6-5-11(16)7-13(12)17/h5-7,10,14H,3-4,8-9H2,1-2H3,(H2,18,19,20)/t10-,14+/m0/s1. The highest BCUT2D eigenvalue weighted by Gasteiger charge is 2.45. The lowest BCUT2D eigenvalue weighted by molar-refractivity contribution is -0.0528. The van der Waals surface area contributed by atoms with Gasteiger partial charge in [-0.05, 0) is 37.0 Å². The van der Waals surface area contributed by atoms with Gasteiger partial charge in [0.15, 0.2) is 0 Å². The fourth-order valence-electron chi connectivity index (χ4n) is 3.08. The highest BCUT2D eigenvalue weighted by molar-refractivity contribution is 7.84. The van der Waals surface area contributed by atoms with Gasteiger partial charge in [0.1, 0.15) is 0 Å². The van der Waals surface area contributed by atoms with Crippen molar-refractivity contribution in [2.24, 2.45) is 11.1 Å². The molecule has 0 spiro atoms. The SMILES string of the molecule is CCC1(CC)C[C@@H](COS(N)(=O)=O)[C@H](c2ccc(Cl)cc2Cl)O1. The molecule has 2 atom stereocenters. The van der Waals surface area contributed by atoms with E-state index in [9.17, 15) is 8.42 Å². The van der Waals surface area contributed by atoms with Gasteiger partial charge in [0.05, 0.1) is 18.3 Å². The first-order chi connectivity index (χ1) is 10.7. The average molecular weight is 382 g/mol. The first-order valence-electron chi connectivity index (χ1n) is 7.49. The van der Waals surface area contributed by atoms with E-state index in [0.29, 0.717) is 16.5 Å². The van der Waals surface area contributed by atoms with Gasteiger partial charge in [-0.15, -0.1) is 0 Å². The van der Waals surface area contributed by atoms with Gasteiger partial charge in [0.25, 0.3) is 0 Å². The molecule has 0 unspecified atom stereocenters. The monoisotopic (exact) mass is 381 g/mol. The minimum atomic E-state index is -3.99. The van der Waals surface area contributed by atoms with E-state index in [-0.39, 0.29) is 24.2 Å². The van der Waals surface area contributed by atoms with E-state index in [4.69, 9.17) is 37.3 Å². The molecular formula is C15H21Cl2NO4S. The Balaban J connectivity index is 2.32. The highest BCUT2D eigenvalue weighted by atomic mass is 35.5. The molecule has 2 N–H and O–H groups in total. The zero-order chi connectivity index (χ0) is 17.3. The van der Waals surface area contributed by atoms with Gasteiger partial charge in [-0.2, -0.15) is 8.42 Å². The van der Waals surface area contributed by atoms with Crippen molar-refractivity contribution in [3.05, 3.63) is 33.8 Å². The topological polar surface area (TPSA) is 78.6 Å². The lowest BCUT2D eigenvalue weighted by Gasteiger charge is -2.27. The van der Waals surface area contributed by atoms with Crippen molar-refractivity contribution in [2.75, 3.05) is 6.61 Å². The maximum atomic E-state index is 11.1. The molecule has 0 aliphatic carbocycles. The Labute approximate surface area is 147 Å². The molecule has 5 nitrogen and oxygen atoms in total. The molecule has 1 heterocycles. The fraction of sp³-hybridized carbons (Fsp3) is 0.600. The largest absolute Gasteiger partial charge is 0.367 e. The van der Waals surface area contributed by atoms with Crippen LogP contribution in [0.2, 0.25) is 10.0 Å². The summed E-state index contributed by atoms with van der Waals surface area (Å²) in [7, 11) is -3.99. The number of hydrogen-bond acceptors (Lipinski definition) is 4. The van der Waals surface area contributed by atoms with E-state index >= 15 is 0 Å². The van der Waals surface area contributed by atoms with Crippen molar-refractivity contribution in [3.8, 4) is 0 Å². The quantitative estimate of drug-likeness (QED) is 0.811. The molecular weight excluding hydrogens is 361 g/mol. The van der Waals surface area contributed by atoms with Crippen molar-refractivity contribution in [2.45, 2.75) is 44.8 Å². The van der Waals surface area contributed by atoms with Gasteiger partial charge in [-0.25, -0.2) is 5.14 Å².